The summed E-state index contributed by atoms with van der Waals surface area (Å²) in [5.41, 5.74) is 0. The van der Waals surface area contributed by atoms with Gasteiger partial charge < -0.3 is 22.6 Å². The predicted octanol–water partition coefficient (Wildman–Crippen LogP) is 3.52. The van der Waals surface area contributed by atoms with Crippen LogP contribution in [0, 0.1) is 0 Å². The summed E-state index contributed by atoms with van der Waals surface area (Å²) in [5.74, 6) is 1.35. The minimum Gasteiger partial charge on any atom is -1.00 e. The van der Waals surface area contributed by atoms with Crippen molar-refractivity contribution in [2.45, 2.75) is 135 Å². The summed E-state index contributed by atoms with van der Waals surface area (Å²) in [4.78, 5) is 2.31. The van der Waals surface area contributed by atoms with Gasteiger partial charge in [-0.15, -0.1) is 0 Å². The van der Waals surface area contributed by atoms with Gasteiger partial charge in [0.25, 0.3) is 0 Å². The molecule has 198 valence electrons. The summed E-state index contributed by atoms with van der Waals surface area (Å²) in [6.07, 6.45) is 28.0. The Labute approximate surface area is 212 Å². The Kier molecular flexibility index (Phi) is 24.6. The van der Waals surface area contributed by atoms with Crippen molar-refractivity contribution < 1.29 is 27.2 Å². The first-order chi connectivity index (χ1) is 15.8. The van der Waals surface area contributed by atoms with Crippen molar-refractivity contribution in [3.63, 3.8) is 0 Å². The zero-order chi connectivity index (χ0) is 23.1. The lowest BCUT2D eigenvalue weighted by Crippen LogP contribution is -3.00. The molecule has 5 heteroatoms. The first kappa shape index (κ1) is 32.7. The molecule has 0 spiro atoms. The van der Waals surface area contributed by atoms with E-state index in [2.05, 4.69) is 16.4 Å². The van der Waals surface area contributed by atoms with Gasteiger partial charge in [0.2, 0.25) is 5.84 Å². The molecule has 1 heterocycles. The van der Waals surface area contributed by atoms with Gasteiger partial charge in [0, 0.05) is 6.42 Å². The number of halogens is 1. The highest BCUT2D eigenvalue weighted by Crippen LogP contribution is 2.15. The topological polar surface area (TPSA) is 46.7 Å². The Morgan fingerprint density at radius 2 is 1.06 bits per heavy atom. The maximum Gasteiger partial charge on any atom is 0.247 e. The lowest BCUT2D eigenvalue weighted by molar-refractivity contribution is -0.521. The smallest absolute Gasteiger partial charge is 0.247 e. The van der Waals surface area contributed by atoms with Crippen LogP contribution in [0.4, 0.5) is 0 Å². The van der Waals surface area contributed by atoms with Crippen molar-refractivity contribution >= 4 is 5.84 Å². The fraction of sp³-hybridized carbons (Fsp3) is 0.964. The molecule has 0 aromatic rings. The number of unbranched alkanes of at least 4 members (excludes halogenated alkanes) is 18. The van der Waals surface area contributed by atoms with Crippen LogP contribution in [0.15, 0.2) is 0 Å². The number of amidine groups is 1. The standard InChI is InChI=1S/C28H57N2O2.ClH/c1-2-3-4-5-6-7-8-9-10-11-12-13-14-15-16-17-18-19-20-21-28-29(24-26-31)22-23-30(28)25-27-32;/h31-32H,2-27H2,1H3;1H/q+1;/p-1. The third kappa shape index (κ3) is 17.7. The zero-order valence-electron chi connectivity index (χ0n) is 22.1. The van der Waals surface area contributed by atoms with Gasteiger partial charge >= 0.3 is 0 Å². The number of hydrogen-bond acceptors (Lipinski definition) is 3. The molecule has 0 saturated carbocycles. The van der Waals surface area contributed by atoms with Crippen LogP contribution in [0.25, 0.3) is 0 Å². The molecule has 0 aromatic heterocycles. The van der Waals surface area contributed by atoms with Crippen LogP contribution < -0.4 is 12.4 Å². The van der Waals surface area contributed by atoms with Crippen molar-refractivity contribution in [2.75, 3.05) is 39.4 Å². The molecule has 0 saturated heterocycles. The second-order valence-electron chi connectivity index (χ2n) is 9.95. The molecule has 0 atom stereocenters. The van der Waals surface area contributed by atoms with Gasteiger partial charge in [-0.05, 0) is 6.42 Å². The summed E-state index contributed by atoms with van der Waals surface area (Å²) in [6, 6.07) is 0. The molecule has 4 nitrogen and oxygen atoms in total. The summed E-state index contributed by atoms with van der Waals surface area (Å²) in [5, 5.41) is 18.5. The Morgan fingerprint density at radius 3 is 1.45 bits per heavy atom. The number of aliphatic hydroxyl groups is 2. The van der Waals surface area contributed by atoms with Crippen LogP contribution in [0.3, 0.4) is 0 Å². The number of nitrogens with zero attached hydrogens (tertiary/aromatic N) is 2. The molecule has 0 fully saturated rings. The van der Waals surface area contributed by atoms with Gasteiger partial charge in [-0.2, -0.15) is 0 Å². The Balaban J connectivity index is 0.0000102. The Hall–Kier alpha value is -0.320. The normalized spacial score (nSPS) is 13.7. The Morgan fingerprint density at radius 1 is 0.636 bits per heavy atom. The number of hydrogen-bond donors (Lipinski definition) is 2. The molecule has 1 aliphatic rings. The third-order valence-corrected chi connectivity index (χ3v) is 7.11. The average molecular weight is 489 g/mol. The Bertz CT molecular complexity index is 446. The summed E-state index contributed by atoms with van der Waals surface area (Å²) < 4.78 is 2.31. The van der Waals surface area contributed by atoms with E-state index in [9.17, 15) is 10.2 Å². The molecule has 33 heavy (non-hydrogen) atoms. The average Bonchev–Trinajstić information content (AvgIpc) is 3.17. The highest BCUT2D eigenvalue weighted by atomic mass is 35.5. The van der Waals surface area contributed by atoms with E-state index >= 15 is 0 Å². The van der Waals surface area contributed by atoms with Crippen molar-refractivity contribution in [3.05, 3.63) is 0 Å². The fourth-order valence-corrected chi connectivity index (χ4v) is 5.10. The third-order valence-electron chi connectivity index (χ3n) is 7.11. The van der Waals surface area contributed by atoms with E-state index in [0.29, 0.717) is 0 Å². The van der Waals surface area contributed by atoms with E-state index in [0.717, 1.165) is 32.6 Å². The van der Waals surface area contributed by atoms with Crippen LogP contribution in [-0.4, -0.2) is 64.9 Å². The van der Waals surface area contributed by atoms with E-state index in [4.69, 9.17) is 0 Å². The summed E-state index contributed by atoms with van der Waals surface area (Å²) in [6.45, 7) is 6.18. The number of β-amino-alcohol motifs (C(OH)–C–C–N with tert-alkyl or cyclic N) is 2. The first-order valence-corrected chi connectivity index (χ1v) is 14.4. The largest absolute Gasteiger partial charge is 1.00 e. The number of aliphatic hydroxyl groups excluding tert-OH is 2. The van der Waals surface area contributed by atoms with Crippen LogP contribution in [0.5, 0.6) is 0 Å². The van der Waals surface area contributed by atoms with E-state index < -0.39 is 0 Å². The van der Waals surface area contributed by atoms with Crippen LogP contribution in [0.1, 0.15) is 135 Å². The maximum absolute atomic E-state index is 9.27. The zero-order valence-corrected chi connectivity index (χ0v) is 22.8. The molecule has 0 radical (unpaired) electrons. The van der Waals surface area contributed by atoms with Gasteiger partial charge in [0.05, 0.1) is 13.2 Å². The molecule has 0 unspecified atom stereocenters. The fourth-order valence-electron chi connectivity index (χ4n) is 5.10. The van der Waals surface area contributed by atoms with Gasteiger partial charge in [-0.3, -0.25) is 9.48 Å². The highest BCUT2D eigenvalue weighted by Gasteiger charge is 2.28. The molecular formula is C28H57ClN2O2. The van der Waals surface area contributed by atoms with Crippen LogP contribution >= 0.6 is 0 Å². The second-order valence-corrected chi connectivity index (χ2v) is 9.95. The highest BCUT2D eigenvalue weighted by molar-refractivity contribution is 5.78. The summed E-state index contributed by atoms with van der Waals surface area (Å²) in [7, 11) is 0. The molecule has 0 amide bonds. The van der Waals surface area contributed by atoms with Gasteiger partial charge in [0.15, 0.2) is 0 Å². The van der Waals surface area contributed by atoms with Crippen molar-refractivity contribution in [1.82, 2.24) is 4.90 Å². The second kappa shape index (κ2) is 24.8. The quantitative estimate of drug-likeness (QED) is 0.161. The van der Waals surface area contributed by atoms with Crippen molar-refractivity contribution in [2.24, 2.45) is 0 Å². The van der Waals surface area contributed by atoms with Gasteiger partial charge in [-0.1, -0.05) is 122 Å². The van der Waals surface area contributed by atoms with E-state index in [1.807, 2.05) is 0 Å². The van der Waals surface area contributed by atoms with E-state index in [1.165, 1.54) is 128 Å². The minimum atomic E-state index is 0. The van der Waals surface area contributed by atoms with Gasteiger partial charge in [0.1, 0.15) is 26.2 Å². The molecular weight excluding hydrogens is 432 g/mol. The number of rotatable bonds is 24. The summed E-state index contributed by atoms with van der Waals surface area (Å²) >= 11 is 0. The van der Waals surface area contributed by atoms with E-state index in [1.54, 1.807) is 0 Å². The maximum atomic E-state index is 9.27. The monoisotopic (exact) mass is 488 g/mol. The minimum absolute atomic E-state index is 0. The molecule has 1 rings (SSSR count). The van der Waals surface area contributed by atoms with Gasteiger partial charge in [-0.25, -0.2) is 0 Å². The van der Waals surface area contributed by atoms with Crippen molar-refractivity contribution in [3.8, 4) is 0 Å². The SMILES string of the molecule is CCCCCCCCCCCCCCCCCCCCCC1=[N+](CCO)CCN1CCO.[Cl-]. The molecule has 2 N–H and O–H groups in total. The lowest BCUT2D eigenvalue weighted by atomic mass is 10.0. The molecule has 1 aliphatic heterocycles. The molecule has 0 aromatic carbocycles. The van der Waals surface area contributed by atoms with E-state index in [-0.39, 0.29) is 25.6 Å². The van der Waals surface area contributed by atoms with Crippen molar-refractivity contribution in [1.29, 1.82) is 0 Å². The predicted molar refractivity (Wildman–Crippen MR) is 139 cm³/mol. The molecule has 0 bridgehead atoms. The van der Waals surface area contributed by atoms with Crippen LogP contribution in [-0.2, 0) is 0 Å². The molecule has 0 aliphatic carbocycles. The first-order valence-electron chi connectivity index (χ1n) is 14.4. The van der Waals surface area contributed by atoms with Crippen LogP contribution in [0.2, 0.25) is 0 Å². The lowest BCUT2D eigenvalue weighted by Gasteiger charge is -2.12.